The van der Waals surface area contributed by atoms with E-state index in [4.69, 9.17) is 11.6 Å². The highest BCUT2D eigenvalue weighted by molar-refractivity contribution is 6.29. The number of amides is 2. The van der Waals surface area contributed by atoms with Gasteiger partial charge in [-0.05, 0) is 18.2 Å². The minimum Gasteiger partial charge on any atom is -0.324 e. The van der Waals surface area contributed by atoms with Gasteiger partial charge in [0.05, 0.1) is 11.4 Å². The lowest BCUT2D eigenvalue weighted by atomic mass is 10.2. The standard InChI is InChI=1S/C11H10ClFN2O2/c12-6-11(17)15-4-3-10(16)14-8-5-7(13)1-2-9(8)15/h1-2,5H,3-4,6H2,(H,14,16). The third kappa shape index (κ3) is 2.39. The fraction of sp³-hybridized carbons (Fsp3) is 0.273. The molecule has 0 spiro atoms. The second kappa shape index (κ2) is 4.71. The topological polar surface area (TPSA) is 49.4 Å². The second-order valence-electron chi connectivity index (χ2n) is 3.64. The molecule has 6 heteroatoms. The Hall–Kier alpha value is -1.62. The number of halogens is 2. The molecule has 1 aliphatic heterocycles. The summed E-state index contributed by atoms with van der Waals surface area (Å²) >= 11 is 5.50. The molecule has 1 aromatic rings. The van der Waals surface area contributed by atoms with Crippen LogP contribution in [0.25, 0.3) is 0 Å². The molecule has 0 unspecified atom stereocenters. The van der Waals surface area contributed by atoms with Crippen LogP contribution in [0.2, 0.25) is 0 Å². The van der Waals surface area contributed by atoms with Crippen molar-refractivity contribution in [2.75, 3.05) is 22.6 Å². The zero-order valence-electron chi connectivity index (χ0n) is 8.87. The summed E-state index contributed by atoms with van der Waals surface area (Å²) in [5.74, 6) is -1.20. The molecule has 4 nitrogen and oxygen atoms in total. The zero-order chi connectivity index (χ0) is 12.4. The lowest BCUT2D eigenvalue weighted by Crippen LogP contribution is -2.32. The van der Waals surface area contributed by atoms with Gasteiger partial charge in [0.25, 0.3) is 0 Å². The third-order valence-corrected chi connectivity index (χ3v) is 2.73. The zero-order valence-corrected chi connectivity index (χ0v) is 9.63. The van der Waals surface area contributed by atoms with E-state index in [1.54, 1.807) is 0 Å². The fourth-order valence-corrected chi connectivity index (χ4v) is 1.87. The van der Waals surface area contributed by atoms with Crippen LogP contribution in [-0.2, 0) is 9.59 Å². The molecule has 2 rings (SSSR count). The van der Waals surface area contributed by atoms with Crippen LogP contribution in [-0.4, -0.2) is 24.2 Å². The minimum absolute atomic E-state index is 0.166. The molecule has 1 aliphatic rings. The third-order valence-electron chi connectivity index (χ3n) is 2.50. The number of benzene rings is 1. The summed E-state index contributed by atoms with van der Waals surface area (Å²) in [6.45, 7) is 0.246. The van der Waals surface area contributed by atoms with Crippen molar-refractivity contribution in [3.63, 3.8) is 0 Å². The lowest BCUT2D eigenvalue weighted by molar-refractivity contribution is -0.116. The van der Waals surface area contributed by atoms with Crippen LogP contribution in [0.5, 0.6) is 0 Å². The molecule has 0 aliphatic carbocycles. The molecule has 0 aromatic heterocycles. The van der Waals surface area contributed by atoms with E-state index in [9.17, 15) is 14.0 Å². The number of carbonyl (C=O) groups is 2. The monoisotopic (exact) mass is 256 g/mol. The average Bonchev–Trinajstić information content (AvgIpc) is 2.46. The Morgan fingerprint density at radius 3 is 3.00 bits per heavy atom. The summed E-state index contributed by atoms with van der Waals surface area (Å²) < 4.78 is 13.1. The Balaban J connectivity index is 2.46. The van der Waals surface area contributed by atoms with Gasteiger partial charge in [-0.1, -0.05) is 0 Å². The van der Waals surface area contributed by atoms with E-state index in [1.165, 1.54) is 23.1 Å². The van der Waals surface area contributed by atoms with Crippen LogP contribution in [0.3, 0.4) is 0 Å². The van der Waals surface area contributed by atoms with Gasteiger partial charge in [-0.25, -0.2) is 4.39 Å². The Morgan fingerprint density at radius 2 is 2.29 bits per heavy atom. The first kappa shape index (κ1) is 11.9. The molecule has 0 fully saturated rings. The summed E-state index contributed by atoms with van der Waals surface area (Å²) in [6.07, 6.45) is 0.166. The van der Waals surface area contributed by atoms with Gasteiger partial charge >= 0.3 is 0 Å². The van der Waals surface area contributed by atoms with Gasteiger partial charge in [0.1, 0.15) is 11.7 Å². The van der Waals surface area contributed by atoms with Gasteiger partial charge in [0.15, 0.2) is 0 Å². The molecule has 0 saturated heterocycles. The molecule has 2 amide bonds. The Kier molecular flexibility index (Phi) is 3.28. The van der Waals surface area contributed by atoms with Crippen LogP contribution in [0.1, 0.15) is 6.42 Å². The number of anilines is 2. The molecule has 1 aromatic carbocycles. The maximum Gasteiger partial charge on any atom is 0.241 e. The number of hydrogen-bond acceptors (Lipinski definition) is 2. The van der Waals surface area contributed by atoms with E-state index in [2.05, 4.69) is 5.32 Å². The van der Waals surface area contributed by atoms with Crippen molar-refractivity contribution in [2.24, 2.45) is 0 Å². The molecule has 90 valence electrons. The molecular formula is C11H10ClFN2O2. The molecule has 1 N–H and O–H groups in total. The Morgan fingerprint density at radius 1 is 1.53 bits per heavy atom. The van der Waals surface area contributed by atoms with Gasteiger partial charge in [0, 0.05) is 13.0 Å². The Labute approximate surface area is 102 Å². The van der Waals surface area contributed by atoms with E-state index in [-0.39, 0.29) is 30.7 Å². The van der Waals surface area contributed by atoms with E-state index < -0.39 is 5.82 Å². The Bertz CT molecular complexity index is 479. The molecule has 0 bridgehead atoms. The molecule has 1 heterocycles. The van der Waals surface area contributed by atoms with Crippen molar-refractivity contribution >= 4 is 34.8 Å². The number of fused-ring (bicyclic) bond motifs is 1. The molecule has 17 heavy (non-hydrogen) atoms. The number of rotatable bonds is 1. The molecule has 0 saturated carbocycles. The smallest absolute Gasteiger partial charge is 0.241 e. The first-order valence-corrected chi connectivity index (χ1v) is 5.61. The highest BCUT2D eigenvalue weighted by Gasteiger charge is 2.23. The van der Waals surface area contributed by atoms with E-state index in [0.717, 1.165) is 0 Å². The second-order valence-corrected chi connectivity index (χ2v) is 3.91. The maximum atomic E-state index is 13.1. The molecule has 0 radical (unpaired) electrons. The van der Waals surface area contributed by atoms with Crippen LogP contribution >= 0.6 is 11.6 Å². The largest absolute Gasteiger partial charge is 0.324 e. The first-order chi connectivity index (χ1) is 8.11. The summed E-state index contributed by atoms with van der Waals surface area (Å²) in [7, 11) is 0. The van der Waals surface area contributed by atoms with Gasteiger partial charge in [-0.2, -0.15) is 0 Å². The predicted molar refractivity (Wildman–Crippen MR) is 62.7 cm³/mol. The highest BCUT2D eigenvalue weighted by atomic mass is 35.5. The predicted octanol–water partition coefficient (Wildman–Crippen LogP) is 1.74. The van der Waals surface area contributed by atoms with Gasteiger partial charge < -0.3 is 10.2 Å². The van der Waals surface area contributed by atoms with E-state index in [1.807, 2.05) is 0 Å². The van der Waals surface area contributed by atoms with E-state index in [0.29, 0.717) is 11.4 Å². The number of nitrogens with zero attached hydrogens (tertiary/aromatic N) is 1. The van der Waals surface area contributed by atoms with E-state index >= 15 is 0 Å². The molecular weight excluding hydrogens is 247 g/mol. The van der Waals surface area contributed by atoms with Crippen LogP contribution in [0, 0.1) is 5.82 Å². The van der Waals surface area contributed by atoms with Crippen molar-refractivity contribution in [3.05, 3.63) is 24.0 Å². The molecule has 0 atom stereocenters. The van der Waals surface area contributed by atoms with Crippen LogP contribution in [0.4, 0.5) is 15.8 Å². The van der Waals surface area contributed by atoms with Crippen molar-refractivity contribution in [2.45, 2.75) is 6.42 Å². The fourth-order valence-electron chi connectivity index (χ4n) is 1.72. The van der Waals surface area contributed by atoms with Crippen molar-refractivity contribution in [1.29, 1.82) is 0 Å². The minimum atomic E-state index is -0.468. The summed E-state index contributed by atoms with van der Waals surface area (Å²) in [6, 6.07) is 3.89. The summed E-state index contributed by atoms with van der Waals surface area (Å²) in [5, 5.41) is 2.56. The SMILES string of the molecule is O=C1CCN(C(=O)CCl)c2ccc(F)cc2N1. The summed E-state index contributed by atoms with van der Waals surface area (Å²) in [5.41, 5.74) is 0.772. The highest BCUT2D eigenvalue weighted by Crippen LogP contribution is 2.29. The van der Waals surface area contributed by atoms with Gasteiger partial charge in [-0.3, -0.25) is 9.59 Å². The van der Waals surface area contributed by atoms with Crippen molar-refractivity contribution < 1.29 is 14.0 Å². The number of nitrogens with one attached hydrogen (secondary N) is 1. The number of alkyl halides is 1. The lowest BCUT2D eigenvalue weighted by Gasteiger charge is -2.20. The van der Waals surface area contributed by atoms with Gasteiger partial charge in [-0.15, -0.1) is 11.6 Å². The maximum absolute atomic E-state index is 13.1. The number of hydrogen-bond donors (Lipinski definition) is 1. The normalized spacial score (nSPS) is 14.9. The van der Waals surface area contributed by atoms with Crippen LogP contribution < -0.4 is 10.2 Å². The summed E-state index contributed by atoms with van der Waals surface area (Å²) in [4.78, 5) is 24.4. The van der Waals surface area contributed by atoms with Crippen molar-refractivity contribution in [1.82, 2.24) is 0 Å². The number of carbonyl (C=O) groups excluding carboxylic acids is 2. The van der Waals surface area contributed by atoms with Crippen molar-refractivity contribution in [3.8, 4) is 0 Å². The average molecular weight is 257 g/mol. The van der Waals surface area contributed by atoms with Crippen LogP contribution in [0.15, 0.2) is 18.2 Å². The first-order valence-electron chi connectivity index (χ1n) is 5.07. The quantitative estimate of drug-likeness (QED) is 0.778. The van der Waals surface area contributed by atoms with Gasteiger partial charge in [0.2, 0.25) is 11.8 Å².